The molecule has 1 aliphatic heterocycles. The number of carbonyl (C=O) groups is 1. The third-order valence-electron chi connectivity index (χ3n) is 8.13. The third kappa shape index (κ3) is 4.28. The van der Waals surface area contributed by atoms with Crippen molar-refractivity contribution in [3.05, 3.63) is 46.2 Å². The summed E-state index contributed by atoms with van der Waals surface area (Å²) in [5.74, 6) is 0. The second-order valence-electron chi connectivity index (χ2n) is 12.2. The van der Waals surface area contributed by atoms with Crippen LogP contribution in [0.25, 0.3) is 11.0 Å². The van der Waals surface area contributed by atoms with Crippen LogP contribution in [0, 0.1) is 19.3 Å². The number of ether oxygens (including phenoxy) is 1. The Balaban J connectivity index is 1.17. The molecule has 1 N–H and O–H groups in total. The van der Waals surface area contributed by atoms with E-state index in [1.807, 2.05) is 45.6 Å². The largest absolute Gasteiger partial charge is 0.444 e. The van der Waals surface area contributed by atoms with Crippen LogP contribution in [0.15, 0.2) is 23.5 Å². The normalized spacial score (nSPS) is 18.6. The molecule has 0 unspecified atom stereocenters. The molecule has 1 amide bonds. The molecule has 9 nitrogen and oxygen atoms in total. The maximum atomic E-state index is 12.3. The zero-order chi connectivity index (χ0) is 26.1. The number of nitrogens with one attached hydrogen (secondary N) is 1. The van der Waals surface area contributed by atoms with Crippen LogP contribution in [0.2, 0.25) is 0 Å². The Bertz CT molecular complexity index is 1430. The quantitative estimate of drug-likeness (QED) is 0.555. The van der Waals surface area contributed by atoms with E-state index in [1.165, 1.54) is 22.5 Å². The SMILES string of the molecule is Cc1cc(N2CCc3c(c(C)nn3CC34CCC(NC(=O)OC(C)(C)C)=C(C3)C4)C2)c2cnn(C)c2n1. The lowest BCUT2D eigenvalue weighted by Crippen LogP contribution is -2.44. The van der Waals surface area contributed by atoms with E-state index in [2.05, 4.69) is 33.0 Å². The van der Waals surface area contributed by atoms with Crippen LogP contribution < -0.4 is 10.2 Å². The first-order chi connectivity index (χ1) is 17.5. The van der Waals surface area contributed by atoms with Crippen molar-refractivity contribution in [2.45, 2.75) is 85.4 Å². The number of rotatable bonds is 4. The summed E-state index contributed by atoms with van der Waals surface area (Å²) in [6.45, 7) is 12.6. The van der Waals surface area contributed by atoms with Crippen molar-refractivity contribution in [3.63, 3.8) is 0 Å². The highest BCUT2D eigenvalue weighted by atomic mass is 16.6. The predicted octanol–water partition coefficient (Wildman–Crippen LogP) is 4.70. The number of aromatic nitrogens is 5. The minimum atomic E-state index is -0.486. The van der Waals surface area contributed by atoms with Gasteiger partial charge in [0.25, 0.3) is 0 Å². The molecule has 4 heterocycles. The Hall–Kier alpha value is -3.36. The first kappa shape index (κ1) is 24.0. The van der Waals surface area contributed by atoms with E-state index in [1.54, 1.807) is 0 Å². The molecule has 3 aliphatic carbocycles. The average Bonchev–Trinajstić information content (AvgIpc) is 3.31. The van der Waals surface area contributed by atoms with E-state index in [-0.39, 0.29) is 11.5 Å². The highest BCUT2D eigenvalue weighted by molar-refractivity contribution is 5.89. The topological polar surface area (TPSA) is 90.1 Å². The van der Waals surface area contributed by atoms with Gasteiger partial charge in [-0.2, -0.15) is 10.2 Å². The standard InChI is InChI=1S/C28H37N7O2/c1-17-11-24(20-14-29-33(6)25(20)30-17)34-10-8-23-21(15-34)18(2)32-35(23)16-28-9-7-22(19(12-28)13-28)31-26(36)37-27(3,4)5/h11,14H,7-10,12-13,15-16H2,1-6H3,(H,31,36). The van der Waals surface area contributed by atoms with Gasteiger partial charge in [0.1, 0.15) is 5.60 Å². The molecule has 2 bridgehead atoms. The number of amides is 1. The van der Waals surface area contributed by atoms with Gasteiger partial charge >= 0.3 is 6.09 Å². The summed E-state index contributed by atoms with van der Waals surface area (Å²) >= 11 is 0. The smallest absolute Gasteiger partial charge is 0.411 e. The molecule has 3 aromatic heterocycles. The van der Waals surface area contributed by atoms with Gasteiger partial charge in [-0.15, -0.1) is 0 Å². The summed E-state index contributed by atoms with van der Waals surface area (Å²) in [5, 5.41) is 13.6. The second kappa shape index (κ2) is 8.33. The van der Waals surface area contributed by atoms with Crippen molar-refractivity contribution in [1.82, 2.24) is 29.9 Å². The third-order valence-corrected chi connectivity index (χ3v) is 8.13. The molecule has 7 rings (SSSR count). The summed E-state index contributed by atoms with van der Waals surface area (Å²) in [7, 11) is 1.95. The molecule has 196 valence electrons. The van der Waals surface area contributed by atoms with E-state index >= 15 is 0 Å². The summed E-state index contributed by atoms with van der Waals surface area (Å²) in [6.07, 6.45) is 6.59. The molecule has 0 atom stereocenters. The van der Waals surface area contributed by atoms with Crippen molar-refractivity contribution < 1.29 is 9.53 Å². The highest BCUT2D eigenvalue weighted by Crippen LogP contribution is 2.55. The Morgan fingerprint density at radius 3 is 2.70 bits per heavy atom. The molecule has 0 spiro atoms. The average molecular weight is 504 g/mol. The number of carbonyl (C=O) groups excluding carboxylic acids is 1. The molecule has 0 saturated heterocycles. The molecular weight excluding hydrogens is 466 g/mol. The van der Waals surface area contributed by atoms with Crippen LogP contribution >= 0.6 is 0 Å². The number of hydrogen-bond donors (Lipinski definition) is 1. The lowest BCUT2D eigenvalue weighted by molar-refractivity contribution is 0.0524. The van der Waals surface area contributed by atoms with Crippen LogP contribution in [-0.4, -0.2) is 42.8 Å². The van der Waals surface area contributed by atoms with Gasteiger partial charge in [0.05, 0.1) is 23.0 Å². The number of anilines is 1. The number of alkyl carbamates (subject to hydrolysis) is 1. The number of hydrogen-bond acceptors (Lipinski definition) is 6. The molecule has 1 saturated carbocycles. The molecule has 0 radical (unpaired) electrons. The van der Waals surface area contributed by atoms with E-state index < -0.39 is 5.60 Å². The molecule has 9 heteroatoms. The summed E-state index contributed by atoms with van der Waals surface area (Å²) in [4.78, 5) is 19.4. The van der Waals surface area contributed by atoms with Gasteiger partial charge in [0.15, 0.2) is 5.65 Å². The van der Waals surface area contributed by atoms with Crippen molar-refractivity contribution >= 4 is 22.8 Å². The molecule has 4 aliphatic rings. The zero-order valence-corrected chi connectivity index (χ0v) is 22.8. The van der Waals surface area contributed by atoms with Crippen molar-refractivity contribution in [1.29, 1.82) is 0 Å². The number of pyridine rings is 1. The van der Waals surface area contributed by atoms with Crippen molar-refractivity contribution in [2.75, 3.05) is 11.4 Å². The maximum absolute atomic E-state index is 12.3. The fourth-order valence-corrected chi connectivity index (χ4v) is 6.38. The highest BCUT2D eigenvalue weighted by Gasteiger charge is 2.46. The van der Waals surface area contributed by atoms with Gasteiger partial charge < -0.3 is 9.64 Å². The van der Waals surface area contributed by atoms with Gasteiger partial charge in [-0.1, -0.05) is 0 Å². The monoisotopic (exact) mass is 503 g/mol. The second-order valence-corrected chi connectivity index (χ2v) is 12.2. The molecule has 1 fully saturated rings. The van der Waals surface area contributed by atoms with Crippen LogP contribution in [0.3, 0.4) is 0 Å². The lowest BCUT2D eigenvalue weighted by atomic mass is 9.58. The van der Waals surface area contributed by atoms with Crippen LogP contribution in [0.5, 0.6) is 0 Å². The van der Waals surface area contributed by atoms with Crippen molar-refractivity contribution in [3.8, 4) is 0 Å². The Labute approximate surface area is 217 Å². The molecular formula is C28H37N7O2. The lowest BCUT2D eigenvalue weighted by Gasteiger charge is -2.49. The van der Waals surface area contributed by atoms with Gasteiger partial charge in [0, 0.05) is 55.8 Å². The number of aryl methyl sites for hydroxylation is 3. The molecule has 37 heavy (non-hydrogen) atoms. The van der Waals surface area contributed by atoms with Crippen LogP contribution in [0.4, 0.5) is 10.5 Å². The molecule has 3 aromatic rings. The minimum absolute atomic E-state index is 0.252. The zero-order valence-electron chi connectivity index (χ0n) is 22.8. The van der Waals surface area contributed by atoms with Gasteiger partial charge in [-0.3, -0.25) is 14.7 Å². The van der Waals surface area contributed by atoms with E-state index in [0.717, 1.165) is 79.9 Å². The van der Waals surface area contributed by atoms with Crippen LogP contribution in [-0.2, 0) is 31.3 Å². The van der Waals surface area contributed by atoms with Crippen molar-refractivity contribution in [2.24, 2.45) is 12.5 Å². The fourth-order valence-electron chi connectivity index (χ4n) is 6.38. The van der Waals surface area contributed by atoms with E-state index in [0.29, 0.717) is 0 Å². The number of allylic oxidation sites excluding steroid dienone is 2. The van der Waals surface area contributed by atoms with Gasteiger partial charge in [-0.05, 0) is 77.4 Å². The Morgan fingerprint density at radius 2 is 2.00 bits per heavy atom. The molecule has 0 aromatic carbocycles. The summed E-state index contributed by atoms with van der Waals surface area (Å²) < 4.78 is 9.60. The maximum Gasteiger partial charge on any atom is 0.411 e. The summed E-state index contributed by atoms with van der Waals surface area (Å²) in [5.41, 5.74) is 9.21. The van der Waals surface area contributed by atoms with Gasteiger partial charge in [-0.25, -0.2) is 9.78 Å². The van der Waals surface area contributed by atoms with Gasteiger partial charge in [0.2, 0.25) is 0 Å². The van der Waals surface area contributed by atoms with E-state index in [9.17, 15) is 4.79 Å². The fraction of sp³-hybridized carbons (Fsp3) is 0.571. The van der Waals surface area contributed by atoms with E-state index in [4.69, 9.17) is 14.8 Å². The number of nitrogens with zero attached hydrogens (tertiary/aromatic N) is 6. The summed E-state index contributed by atoms with van der Waals surface area (Å²) in [6, 6.07) is 2.18. The Kier molecular flexibility index (Phi) is 5.40. The first-order valence-electron chi connectivity index (χ1n) is 13.3. The first-order valence-corrected chi connectivity index (χ1v) is 13.3. The van der Waals surface area contributed by atoms with Crippen LogP contribution in [0.1, 0.15) is 69.1 Å². The number of fused-ring (bicyclic) bond motifs is 4. The Morgan fingerprint density at radius 1 is 1.22 bits per heavy atom. The predicted molar refractivity (Wildman–Crippen MR) is 142 cm³/mol. The minimum Gasteiger partial charge on any atom is -0.444 e.